The highest BCUT2D eigenvalue weighted by atomic mass is 79.9. The van der Waals surface area contributed by atoms with Crippen LogP contribution in [0.4, 0.5) is 4.79 Å². The number of hydrogen-bond donors (Lipinski definition) is 0. The molecule has 2 amide bonds. The third-order valence-electron chi connectivity index (χ3n) is 5.89. The number of rotatable bonds is 2. The first-order chi connectivity index (χ1) is 13.0. The SMILES string of the molecule is CC(C)(C)OC(=O)N1C[C@@H](C2(C)C=CC=CC2)[C@@](C)(c2ccc(Br)cc2)C1=O. The first-order valence-electron chi connectivity index (χ1n) is 9.63. The molecule has 28 heavy (non-hydrogen) atoms. The molecule has 0 radical (unpaired) electrons. The summed E-state index contributed by atoms with van der Waals surface area (Å²) in [4.78, 5) is 27.7. The Hall–Kier alpha value is -1.88. The average molecular weight is 446 g/mol. The van der Waals surface area contributed by atoms with Gasteiger partial charge in [-0.1, -0.05) is 59.3 Å². The molecule has 0 spiro atoms. The van der Waals surface area contributed by atoms with E-state index in [4.69, 9.17) is 4.74 Å². The Bertz CT molecular complexity index is 836. The Labute approximate surface area is 175 Å². The van der Waals surface area contributed by atoms with Crippen LogP contribution >= 0.6 is 15.9 Å². The highest BCUT2D eigenvalue weighted by Gasteiger charge is 2.59. The number of nitrogens with zero attached hydrogens (tertiary/aromatic N) is 1. The summed E-state index contributed by atoms with van der Waals surface area (Å²) < 4.78 is 6.49. The molecule has 2 aliphatic rings. The van der Waals surface area contributed by atoms with E-state index < -0.39 is 17.1 Å². The Morgan fingerprint density at radius 3 is 2.36 bits per heavy atom. The van der Waals surface area contributed by atoms with Crippen LogP contribution in [-0.2, 0) is 14.9 Å². The lowest BCUT2D eigenvalue weighted by atomic mass is 9.60. The van der Waals surface area contributed by atoms with Gasteiger partial charge in [-0.3, -0.25) is 4.79 Å². The van der Waals surface area contributed by atoms with Crippen molar-refractivity contribution in [2.45, 2.75) is 52.1 Å². The molecule has 1 saturated heterocycles. The predicted octanol–water partition coefficient (Wildman–Crippen LogP) is 5.62. The molecule has 0 aromatic heterocycles. The van der Waals surface area contributed by atoms with Gasteiger partial charge in [0.05, 0.1) is 5.41 Å². The number of imide groups is 1. The molecule has 3 atom stereocenters. The van der Waals surface area contributed by atoms with E-state index in [1.54, 1.807) is 0 Å². The molecule has 5 heteroatoms. The van der Waals surface area contributed by atoms with Gasteiger partial charge in [-0.15, -0.1) is 0 Å². The van der Waals surface area contributed by atoms with E-state index in [0.29, 0.717) is 6.54 Å². The second-order valence-corrected chi connectivity index (χ2v) is 10.1. The van der Waals surface area contributed by atoms with Crippen molar-refractivity contribution in [3.05, 3.63) is 58.6 Å². The molecule has 1 unspecified atom stereocenters. The van der Waals surface area contributed by atoms with Gasteiger partial charge < -0.3 is 4.74 Å². The minimum atomic E-state index is -0.818. The van der Waals surface area contributed by atoms with Gasteiger partial charge in [0.2, 0.25) is 5.91 Å². The topological polar surface area (TPSA) is 46.6 Å². The maximum absolute atomic E-state index is 13.6. The Balaban J connectivity index is 2.06. The van der Waals surface area contributed by atoms with Crippen molar-refractivity contribution in [3.8, 4) is 0 Å². The van der Waals surface area contributed by atoms with Crippen molar-refractivity contribution in [1.29, 1.82) is 0 Å². The maximum atomic E-state index is 13.6. The van der Waals surface area contributed by atoms with Crippen molar-refractivity contribution in [2.24, 2.45) is 11.3 Å². The molecule has 150 valence electrons. The first kappa shape index (κ1) is 20.8. The summed E-state index contributed by atoms with van der Waals surface area (Å²) in [6.07, 6.45) is 8.62. The maximum Gasteiger partial charge on any atom is 0.417 e. The van der Waals surface area contributed by atoms with Gasteiger partial charge in [0.1, 0.15) is 5.60 Å². The first-order valence-corrected chi connectivity index (χ1v) is 10.4. The van der Waals surface area contributed by atoms with E-state index in [1.807, 2.05) is 64.1 Å². The number of ether oxygens (including phenoxy) is 1. The summed E-state index contributed by atoms with van der Waals surface area (Å²) in [5.41, 5.74) is -0.785. The molecule has 1 aromatic rings. The zero-order chi connectivity index (χ0) is 20.7. The smallest absolute Gasteiger partial charge is 0.417 e. The molecule has 1 aromatic carbocycles. The van der Waals surface area contributed by atoms with Gasteiger partial charge in [0.25, 0.3) is 0 Å². The lowest BCUT2D eigenvalue weighted by Crippen LogP contribution is -2.44. The molecule has 1 aliphatic carbocycles. The van der Waals surface area contributed by atoms with Crippen LogP contribution in [0, 0.1) is 11.3 Å². The molecule has 0 bridgehead atoms. The zero-order valence-electron chi connectivity index (χ0n) is 17.2. The van der Waals surface area contributed by atoms with Gasteiger partial charge in [-0.05, 0) is 57.2 Å². The van der Waals surface area contributed by atoms with Crippen LogP contribution in [0.25, 0.3) is 0 Å². The average Bonchev–Trinajstić information content (AvgIpc) is 2.88. The van der Waals surface area contributed by atoms with E-state index in [0.717, 1.165) is 16.5 Å². The minimum Gasteiger partial charge on any atom is -0.443 e. The third-order valence-corrected chi connectivity index (χ3v) is 6.42. The summed E-state index contributed by atoms with van der Waals surface area (Å²) in [5, 5.41) is 0. The summed E-state index contributed by atoms with van der Waals surface area (Å²) >= 11 is 3.47. The van der Waals surface area contributed by atoms with Crippen molar-refractivity contribution < 1.29 is 14.3 Å². The zero-order valence-corrected chi connectivity index (χ0v) is 18.7. The standard InChI is InChI=1S/C23H28BrNO3/c1-21(2,3)28-20(27)25-15-18(22(4)13-7-6-8-14-22)23(5,19(25)26)16-9-11-17(24)12-10-16/h6-13,18H,14-15H2,1-5H3/t18-,22?,23+/m0/s1. The van der Waals surface area contributed by atoms with E-state index >= 15 is 0 Å². The lowest BCUT2D eigenvalue weighted by Gasteiger charge is -2.41. The minimum absolute atomic E-state index is 0.0672. The number of carbonyl (C=O) groups is 2. The molecule has 3 rings (SSSR count). The van der Waals surface area contributed by atoms with Gasteiger partial charge in [-0.2, -0.15) is 0 Å². The number of halogens is 1. The van der Waals surface area contributed by atoms with Crippen molar-refractivity contribution in [1.82, 2.24) is 4.90 Å². The largest absolute Gasteiger partial charge is 0.443 e. The molecule has 1 aliphatic heterocycles. The van der Waals surface area contributed by atoms with Crippen molar-refractivity contribution >= 4 is 27.9 Å². The fourth-order valence-electron chi connectivity index (χ4n) is 4.34. The lowest BCUT2D eigenvalue weighted by molar-refractivity contribution is -0.131. The quantitative estimate of drug-likeness (QED) is 0.592. The normalized spacial score (nSPS) is 30.0. The van der Waals surface area contributed by atoms with Crippen molar-refractivity contribution in [3.63, 3.8) is 0 Å². The second kappa shape index (κ2) is 7.18. The van der Waals surface area contributed by atoms with Crippen LogP contribution in [0.5, 0.6) is 0 Å². The summed E-state index contributed by atoms with van der Waals surface area (Å²) in [6.45, 7) is 9.91. The van der Waals surface area contributed by atoms with Crippen LogP contribution in [0.3, 0.4) is 0 Å². The summed E-state index contributed by atoms with van der Waals surface area (Å²) in [5.74, 6) is -0.263. The molecule has 1 heterocycles. The van der Waals surface area contributed by atoms with Gasteiger partial charge in [0.15, 0.2) is 0 Å². The highest BCUT2D eigenvalue weighted by Crippen LogP contribution is 2.52. The third kappa shape index (κ3) is 3.69. The Kier molecular flexibility index (Phi) is 5.34. The van der Waals surface area contributed by atoms with Gasteiger partial charge >= 0.3 is 6.09 Å². The van der Waals surface area contributed by atoms with Crippen LogP contribution < -0.4 is 0 Å². The molecule has 0 saturated carbocycles. The molecular weight excluding hydrogens is 418 g/mol. The number of amides is 2. The van der Waals surface area contributed by atoms with Crippen LogP contribution in [0.2, 0.25) is 0 Å². The summed E-state index contributed by atoms with van der Waals surface area (Å²) in [7, 11) is 0. The fourth-order valence-corrected chi connectivity index (χ4v) is 4.61. The monoisotopic (exact) mass is 445 g/mol. The molecular formula is C23H28BrNO3. The molecule has 1 fully saturated rings. The fraction of sp³-hybridized carbons (Fsp3) is 0.478. The number of benzene rings is 1. The molecule has 4 nitrogen and oxygen atoms in total. The predicted molar refractivity (Wildman–Crippen MR) is 114 cm³/mol. The van der Waals surface area contributed by atoms with Crippen LogP contribution in [0.1, 0.15) is 46.6 Å². The van der Waals surface area contributed by atoms with E-state index in [1.165, 1.54) is 4.90 Å². The van der Waals surface area contributed by atoms with E-state index in [2.05, 4.69) is 35.0 Å². The van der Waals surface area contributed by atoms with E-state index in [-0.39, 0.29) is 17.2 Å². The number of carbonyl (C=O) groups excluding carboxylic acids is 2. The van der Waals surface area contributed by atoms with Gasteiger partial charge in [-0.25, -0.2) is 9.69 Å². The molecule has 0 N–H and O–H groups in total. The van der Waals surface area contributed by atoms with Crippen LogP contribution in [0.15, 0.2) is 53.0 Å². The Morgan fingerprint density at radius 1 is 1.18 bits per heavy atom. The summed E-state index contributed by atoms with van der Waals surface area (Å²) in [6, 6.07) is 7.83. The number of hydrogen-bond acceptors (Lipinski definition) is 3. The van der Waals surface area contributed by atoms with Crippen molar-refractivity contribution in [2.75, 3.05) is 6.54 Å². The second-order valence-electron chi connectivity index (χ2n) is 9.16. The Morgan fingerprint density at radius 2 is 1.82 bits per heavy atom. The number of allylic oxidation sites excluding steroid dienone is 4. The number of likely N-dealkylation sites (tertiary alicyclic amines) is 1. The van der Waals surface area contributed by atoms with Crippen LogP contribution in [-0.4, -0.2) is 29.0 Å². The van der Waals surface area contributed by atoms with E-state index in [9.17, 15) is 9.59 Å². The van der Waals surface area contributed by atoms with Gasteiger partial charge in [0, 0.05) is 16.9 Å². The highest BCUT2D eigenvalue weighted by molar-refractivity contribution is 9.10.